The Hall–Kier alpha value is -2.09. The van der Waals surface area contributed by atoms with Crippen LogP contribution in [0.15, 0.2) is 54.6 Å². The Balaban J connectivity index is 2.57. The topological polar surface area (TPSA) is 26.0 Å². The van der Waals surface area contributed by atoms with E-state index in [0.717, 1.165) is 11.1 Å². The number of anilines is 1. The number of nitrogen functional groups attached to an aromatic ring is 1. The Kier molecular flexibility index (Phi) is 3.24. The molecule has 2 N–H and O–H groups in total. The predicted molar refractivity (Wildman–Crippen MR) is 70.0 cm³/mol. The molecule has 0 saturated heterocycles. The molecule has 0 aromatic heterocycles. The first kappa shape index (κ1) is 11.4. The summed E-state index contributed by atoms with van der Waals surface area (Å²) in [5.41, 5.74) is 8.84. The summed E-state index contributed by atoms with van der Waals surface area (Å²) in [6.07, 6.45) is 1.88. The van der Waals surface area contributed by atoms with Crippen molar-refractivity contribution in [2.24, 2.45) is 0 Å². The van der Waals surface area contributed by atoms with Gasteiger partial charge in [-0.3, -0.25) is 0 Å². The second-order valence-corrected chi connectivity index (χ2v) is 3.77. The van der Waals surface area contributed by atoms with Crippen molar-refractivity contribution in [3.63, 3.8) is 0 Å². The Morgan fingerprint density at radius 2 is 1.59 bits per heavy atom. The third-order valence-electron chi connectivity index (χ3n) is 2.70. The number of hydrogen-bond acceptors (Lipinski definition) is 1. The second kappa shape index (κ2) is 4.83. The van der Waals surface area contributed by atoms with Crippen molar-refractivity contribution in [2.45, 2.75) is 6.92 Å². The lowest BCUT2D eigenvalue weighted by Crippen LogP contribution is -1.96. The van der Waals surface area contributed by atoms with E-state index >= 15 is 0 Å². The van der Waals surface area contributed by atoms with Crippen molar-refractivity contribution >= 4 is 11.3 Å². The zero-order valence-electron chi connectivity index (χ0n) is 9.65. The molecule has 1 nitrogen and oxygen atoms in total. The summed E-state index contributed by atoms with van der Waals surface area (Å²) in [4.78, 5) is 0. The molecule has 0 aliphatic rings. The molecule has 0 aliphatic carbocycles. The quantitative estimate of drug-likeness (QED) is 0.774. The van der Waals surface area contributed by atoms with Crippen LogP contribution in [-0.4, -0.2) is 0 Å². The van der Waals surface area contributed by atoms with Crippen LogP contribution in [0.5, 0.6) is 0 Å². The zero-order chi connectivity index (χ0) is 12.3. The standard InChI is InChI=1S/C15H14FN/c1-2-11(12-7-3-5-9-14(12)16)13-8-4-6-10-15(13)17/h2-10H,17H2,1H3. The van der Waals surface area contributed by atoms with E-state index in [0.29, 0.717) is 11.3 Å². The van der Waals surface area contributed by atoms with Crippen molar-refractivity contribution in [1.29, 1.82) is 0 Å². The van der Waals surface area contributed by atoms with E-state index in [1.165, 1.54) is 6.07 Å². The third-order valence-corrected chi connectivity index (χ3v) is 2.70. The summed E-state index contributed by atoms with van der Waals surface area (Å²) < 4.78 is 13.8. The Morgan fingerprint density at radius 1 is 1.00 bits per heavy atom. The minimum Gasteiger partial charge on any atom is -0.398 e. The van der Waals surface area contributed by atoms with Gasteiger partial charge in [-0.15, -0.1) is 0 Å². The molecule has 2 aromatic rings. The average molecular weight is 227 g/mol. The van der Waals surface area contributed by atoms with Gasteiger partial charge >= 0.3 is 0 Å². The third kappa shape index (κ3) is 2.21. The van der Waals surface area contributed by atoms with Crippen LogP contribution in [-0.2, 0) is 0 Å². The molecule has 0 unspecified atom stereocenters. The van der Waals surface area contributed by atoms with Crippen molar-refractivity contribution in [1.82, 2.24) is 0 Å². The van der Waals surface area contributed by atoms with Gasteiger partial charge in [0.05, 0.1) is 0 Å². The van der Waals surface area contributed by atoms with Crippen LogP contribution in [0.2, 0.25) is 0 Å². The van der Waals surface area contributed by atoms with Crippen LogP contribution in [0.3, 0.4) is 0 Å². The fourth-order valence-electron chi connectivity index (χ4n) is 1.88. The van der Waals surface area contributed by atoms with Crippen molar-refractivity contribution in [2.75, 3.05) is 5.73 Å². The molecule has 0 spiro atoms. The van der Waals surface area contributed by atoms with Crippen molar-refractivity contribution < 1.29 is 4.39 Å². The highest BCUT2D eigenvalue weighted by atomic mass is 19.1. The van der Waals surface area contributed by atoms with Gasteiger partial charge in [0.15, 0.2) is 0 Å². The molecular formula is C15H14FN. The molecule has 0 bridgehead atoms. The average Bonchev–Trinajstić information content (AvgIpc) is 2.34. The van der Waals surface area contributed by atoms with Gasteiger partial charge in [0.25, 0.3) is 0 Å². The zero-order valence-corrected chi connectivity index (χ0v) is 9.65. The molecule has 2 heteroatoms. The van der Waals surface area contributed by atoms with Gasteiger partial charge in [-0.1, -0.05) is 42.5 Å². The molecule has 2 aromatic carbocycles. The van der Waals surface area contributed by atoms with Gasteiger partial charge in [-0.25, -0.2) is 4.39 Å². The molecule has 17 heavy (non-hydrogen) atoms. The number of benzene rings is 2. The molecule has 0 saturated carbocycles. The van der Waals surface area contributed by atoms with E-state index in [1.54, 1.807) is 12.1 Å². The second-order valence-electron chi connectivity index (χ2n) is 3.77. The number of nitrogens with two attached hydrogens (primary N) is 1. The highest BCUT2D eigenvalue weighted by molar-refractivity contribution is 5.85. The smallest absolute Gasteiger partial charge is 0.131 e. The first-order valence-corrected chi connectivity index (χ1v) is 5.50. The SMILES string of the molecule is CC=C(c1ccccc1N)c1ccccc1F. The van der Waals surface area contributed by atoms with Crippen LogP contribution < -0.4 is 5.73 Å². The summed E-state index contributed by atoms with van der Waals surface area (Å²) in [7, 11) is 0. The van der Waals surface area contributed by atoms with Crippen LogP contribution in [0, 0.1) is 5.82 Å². The van der Waals surface area contributed by atoms with Gasteiger partial charge in [0.2, 0.25) is 0 Å². The number of halogens is 1. The maximum Gasteiger partial charge on any atom is 0.131 e. The predicted octanol–water partition coefficient (Wildman–Crippen LogP) is 3.86. The van der Waals surface area contributed by atoms with Gasteiger partial charge in [-0.05, 0) is 24.6 Å². The summed E-state index contributed by atoms with van der Waals surface area (Å²) in [6, 6.07) is 14.2. The van der Waals surface area contributed by atoms with Crippen LogP contribution >= 0.6 is 0 Å². The number of allylic oxidation sites excluding steroid dienone is 1. The van der Waals surface area contributed by atoms with Gasteiger partial charge in [-0.2, -0.15) is 0 Å². The number of hydrogen-bond donors (Lipinski definition) is 1. The first-order chi connectivity index (χ1) is 8.24. The Bertz CT molecular complexity index is 511. The lowest BCUT2D eigenvalue weighted by atomic mass is 9.96. The fraction of sp³-hybridized carbons (Fsp3) is 0.0667. The number of rotatable bonds is 2. The first-order valence-electron chi connectivity index (χ1n) is 5.50. The normalized spacial score (nSPS) is 11.5. The number of para-hydroxylation sites is 1. The minimum absolute atomic E-state index is 0.233. The maximum atomic E-state index is 13.8. The maximum absolute atomic E-state index is 13.8. The monoisotopic (exact) mass is 227 g/mol. The summed E-state index contributed by atoms with van der Waals surface area (Å²) in [5, 5.41) is 0. The van der Waals surface area contributed by atoms with Crippen LogP contribution in [0.4, 0.5) is 10.1 Å². The van der Waals surface area contributed by atoms with Crippen LogP contribution in [0.1, 0.15) is 18.1 Å². The van der Waals surface area contributed by atoms with Crippen molar-refractivity contribution in [3.05, 3.63) is 71.6 Å². The highest BCUT2D eigenvalue weighted by Crippen LogP contribution is 2.29. The lowest BCUT2D eigenvalue weighted by Gasteiger charge is -2.11. The summed E-state index contributed by atoms with van der Waals surface area (Å²) >= 11 is 0. The molecule has 0 amide bonds. The molecule has 2 rings (SSSR count). The molecule has 0 heterocycles. The molecule has 0 fully saturated rings. The summed E-state index contributed by atoms with van der Waals surface area (Å²) in [6.45, 7) is 1.88. The Labute approximate surface area is 100 Å². The largest absolute Gasteiger partial charge is 0.398 e. The summed E-state index contributed by atoms with van der Waals surface area (Å²) in [5.74, 6) is -0.233. The highest BCUT2D eigenvalue weighted by Gasteiger charge is 2.10. The molecule has 86 valence electrons. The van der Waals surface area contributed by atoms with E-state index < -0.39 is 0 Å². The van der Waals surface area contributed by atoms with E-state index in [9.17, 15) is 4.39 Å². The Morgan fingerprint density at radius 3 is 2.18 bits per heavy atom. The minimum atomic E-state index is -0.233. The van der Waals surface area contributed by atoms with E-state index in [-0.39, 0.29) is 5.82 Å². The van der Waals surface area contributed by atoms with Crippen LogP contribution in [0.25, 0.3) is 5.57 Å². The molecule has 0 radical (unpaired) electrons. The molecule has 0 aliphatic heterocycles. The molecular weight excluding hydrogens is 213 g/mol. The van der Waals surface area contributed by atoms with E-state index in [4.69, 9.17) is 5.73 Å². The van der Waals surface area contributed by atoms with Gasteiger partial charge in [0, 0.05) is 16.8 Å². The van der Waals surface area contributed by atoms with Gasteiger partial charge < -0.3 is 5.73 Å². The van der Waals surface area contributed by atoms with E-state index in [2.05, 4.69) is 0 Å². The molecule has 0 atom stereocenters. The van der Waals surface area contributed by atoms with Gasteiger partial charge in [0.1, 0.15) is 5.82 Å². The fourth-order valence-corrected chi connectivity index (χ4v) is 1.88. The van der Waals surface area contributed by atoms with E-state index in [1.807, 2.05) is 43.3 Å². The van der Waals surface area contributed by atoms with Crippen molar-refractivity contribution in [3.8, 4) is 0 Å². The lowest BCUT2D eigenvalue weighted by molar-refractivity contribution is 0.624.